The number of aliphatic hydroxyl groups is 1. The largest absolute Gasteiger partial charge is 0.467 e. The van der Waals surface area contributed by atoms with Crippen molar-refractivity contribution in [2.75, 3.05) is 6.54 Å². The van der Waals surface area contributed by atoms with Gasteiger partial charge in [-0.05, 0) is 55.0 Å². The Hall–Kier alpha value is -2.40. The van der Waals surface area contributed by atoms with Crippen molar-refractivity contribution in [1.82, 2.24) is 5.32 Å². The molecule has 0 radical (unpaired) electrons. The number of aliphatic hydroxyl groups excluding tert-OH is 1. The second kappa shape index (κ2) is 8.12. The highest BCUT2D eigenvalue weighted by Gasteiger charge is 2.15. The summed E-state index contributed by atoms with van der Waals surface area (Å²) < 4.78 is 5.07. The third-order valence-electron chi connectivity index (χ3n) is 4.61. The number of fused-ring (bicyclic) bond motifs is 1. The van der Waals surface area contributed by atoms with Gasteiger partial charge in [0.25, 0.3) is 0 Å². The van der Waals surface area contributed by atoms with Crippen molar-refractivity contribution < 1.29 is 19.1 Å². The van der Waals surface area contributed by atoms with Crippen LogP contribution in [-0.2, 0) is 17.6 Å². The fourth-order valence-corrected chi connectivity index (χ4v) is 3.16. The highest BCUT2D eigenvalue weighted by molar-refractivity contribution is 5.98. The highest BCUT2D eigenvalue weighted by Crippen LogP contribution is 2.23. The molecular formula is C20H23NO4. The van der Waals surface area contributed by atoms with Crippen LogP contribution in [0, 0.1) is 0 Å². The summed E-state index contributed by atoms with van der Waals surface area (Å²) >= 11 is 0. The Balaban J connectivity index is 1.46. The van der Waals surface area contributed by atoms with Gasteiger partial charge in [-0.25, -0.2) is 0 Å². The number of aryl methyl sites for hydroxylation is 2. The molecule has 3 rings (SSSR count). The van der Waals surface area contributed by atoms with E-state index in [0.29, 0.717) is 11.3 Å². The molecular weight excluding hydrogens is 318 g/mol. The lowest BCUT2D eigenvalue weighted by atomic mass is 9.89. The molecule has 1 aromatic heterocycles. The molecule has 2 aromatic rings. The van der Waals surface area contributed by atoms with Crippen LogP contribution in [0.4, 0.5) is 0 Å². The van der Waals surface area contributed by atoms with E-state index in [1.807, 2.05) is 18.2 Å². The lowest BCUT2D eigenvalue weighted by Crippen LogP contribution is -2.28. The molecule has 1 aliphatic carbocycles. The molecule has 0 bridgehead atoms. The van der Waals surface area contributed by atoms with Crippen LogP contribution in [0.5, 0.6) is 0 Å². The van der Waals surface area contributed by atoms with Gasteiger partial charge in [-0.3, -0.25) is 9.59 Å². The number of ketones is 1. The van der Waals surface area contributed by atoms with E-state index < -0.39 is 6.10 Å². The Kier molecular flexibility index (Phi) is 5.66. The zero-order valence-corrected chi connectivity index (χ0v) is 14.2. The van der Waals surface area contributed by atoms with Crippen molar-refractivity contribution in [2.24, 2.45) is 0 Å². The number of amides is 1. The molecule has 0 spiro atoms. The normalized spacial score (nSPS) is 14.6. The Bertz CT molecular complexity index is 736. The number of benzene rings is 1. The summed E-state index contributed by atoms with van der Waals surface area (Å²) in [5.74, 6) is 0.137. The smallest absolute Gasteiger partial charge is 0.220 e. The summed E-state index contributed by atoms with van der Waals surface area (Å²) in [6.45, 7) is 0.0688. The first kappa shape index (κ1) is 17.4. The molecule has 5 nitrogen and oxygen atoms in total. The average molecular weight is 341 g/mol. The van der Waals surface area contributed by atoms with Gasteiger partial charge in [-0.15, -0.1) is 0 Å². The van der Waals surface area contributed by atoms with Gasteiger partial charge in [-0.1, -0.05) is 12.1 Å². The number of hydrogen-bond donors (Lipinski definition) is 2. The quantitative estimate of drug-likeness (QED) is 0.759. The standard InChI is InChI=1S/C20H23NO4/c22-17(16-8-7-14-4-1-2-5-15(14)12-16)9-10-20(24)21-13-18(23)19-6-3-11-25-19/h3,6-8,11-12,18,23H,1-2,4-5,9-10,13H2,(H,21,24). The van der Waals surface area contributed by atoms with Gasteiger partial charge in [0.05, 0.1) is 12.8 Å². The van der Waals surface area contributed by atoms with Gasteiger partial charge in [-0.2, -0.15) is 0 Å². The molecule has 132 valence electrons. The summed E-state index contributed by atoms with van der Waals surface area (Å²) in [5.41, 5.74) is 3.29. The zero-order chi connectivity index (χ0) is 17.6. The Morgan fingerprint density at radius 1 is 1.12 bits per heavy atom. The molecule has 0 fully saturated rings. The first-order valence-corrected chi connectivity index (χ1v) is 8.76. The van der Waals surface area contributed by atoms with Gasteiger partial charge in [0, 0.05) is 18.4 Å². The molecule has 0 saturated heterocycles. The van der Waals surface area contributed by atoms with Gasteiger partial charge in [0.1, 0.15) is 11.9 Å². The lowest BCUT2D eigenvalue weighted by molar-refractivity contribution is -0.121. The zero-order valence-electron chi connectivity index (χ0n) is 14.2. The molecule has 25 heavy (non-hydrogen) atoms. The van der Waals surface area contributed by atoms with E-state index in [2.05, 4.69) is 5.32 Å². The first-order valence-electron chi connectivity index (χ1n) is 8.76. The Labute approximate surface area is 147 Å². The summed E-state index contributed by atoms with van der Waals surface area (Å²) in [4.78, 5) is 24.2. The van der Waals surface area contributed by atoms with E-state index in [9.17, 15) is 14.7 Å². The van der Waals surface area contributed by atoms with Crippen molar-refractivity contribution >= 4 is 11.7 Å². The summed E-state index contributed by atoms with van der Waals surface area (Å²) in [7, 11) is 0. The number of Topliss-reactive ketones (excluding diaryl/α,β-unsaturated/α-hetero) is 1. The van der Waals surface area contributed by atoms with Gasteiger partial charge < -0.3 is 14.8 Å². The second-order valence-electron chi connectivity index (χ2n) is 6.45. The third kappa shape index (κ3) is 4.57. The van der Waals surface area contributed by atoms with Gasteiger partial charge in [0.15, 0.2) is 5.78 Å². The second-order valence-corrected chi connectivity index (χ2v) is 6.45. The van der Waals surface area contributed by atoms with Crippen LogP contribution in [0.25, 0.3) is 0 Å². The Morgan fingerprint density at radius 3 is 2.68 bits per heavy atom. The molecule has 0 saturated carbocycles. The fraction of sp³-hybridized carbons (Fsp3) is 0.400. The SMILES string of the molecule is O=C(CCC(=O)c1ccc2c(c1)CCCC2)NCC(O)c1ccco1. The monoisotopic (exact) mass is 341 g/mol. The van der Waals surface area contributed by atoms with E-state index in [-0.39, 0.29) is 31.1 Å². The van der Waals surface area contributed by atoms with Crippen molar-refractivity contribution in [3.8, 4) is 0 Å². The average Bonchev–Trinajstić information content (AvgIpc) is 3.18. The van der Waals surface area contributed by atoms with Crippen LogP contribution in [-0.4, -0.2) is 23.3 Å². The molecule has 1 unspecified atom stereocenters. The number of rotatable bonds is 7. The van der Waals surface area contributed by atoms with Crippen LogP contribution in [0.2, 0.25) is 0 Å². The van der Waals surface area contributed by atoms with Crippen LogP contribution >= 0.6 is 0 Å². The van der Waals surface area contributed by atoms with Gasteiger partial charge in [0.2, 0.25) is 5.91 Å². The van der Waals surface area contributed by atoms with Crippen molar-refractivity contribution in [2.45, 2.75) is 44.6 Å². The lowest BCUT2D eigenvalue weighted by Gasteiger charge is -2.16. The van der Waals surface area contributed by atoms with Crippen LogP contribution < -0.4 is 5.32 Å². The number of hydrogen-bond acceptors (Lipinski definition) is 4. The van der Waals surface area contributed by atoms with Crippen molar-refractivity contribution in [3.05, 3.63) is 59.0 Å². The topological polar surface area (TPSA) is 79.5 Å². The van der Waals surface area contributed by atoms with Gasteiger partial charge >= 0.3 is 0 Å². The van der Waals surface area contributed by atoms with E-state index in [1.165, 1.54) is 30.2 Å². The molecule has 0 aliphatic heterocycles. The Morgan fingerprint density at radius 2 is 1.92 bits per heavy atom. The number of carbonyl (C=O) groups is 2. The predicted molar refractivity (Wildman–Crippen MR) is 93.3 cm³/mol. The van der Waals surface area contributed by atoms with Crippen molar-refractivity contribution in [3.63, 3.8) is 0 Å². The van der Waals surface area contributed by atoms with E-state index in [0.717, 1.165) is 12.8 Å². The van der Waals surface area contributed by atoms with Crippen LogP contribution in [0.15, 0.2) is 41.0 Å². The first-order chi connectivity index (χ1) is 12.1. The molecule has 1 aromatic carbocycles. The highest BCUT2D eigenvalue weighted by atomic mass is 16.4. The molecule has 1 aliphatic rings. The summed E-state index contributed by atoms with van der Waals surface area (Å²) in [6, 6.07) is 9.22. The minimum atomic E-state index is -0.879. The summed E-state index contributed by atoms with van der Waals surface area (Å²) in [6.07, 6.45) is 5.37. The summed E-state index contributed by atoms with van der Waals surface area (Å²) in [5, 5.41) is 12.5. The molecule has 1 atom stereocenters. The number of furan rings is 1. The molecule has 1 heterocycles. The van der Waals surface area contributed by atoms with E-state index >= 15 is 0 Å². The maximum atomic E-state index is 12.3. The number of nitrogens with one attached hydrogen (secondary N) is 1. The number of carbonyl (C=O) groups excluding carboxylic acids is 2. The molecule has 2 N–H and O–H groups in total. The minimum absolute atomic E-state index is 0.0184. The van der Waals surface area contributed by atoms with Crippen molar-refractivity contribution in [1.29, 1.82) is 0 Å². The fourth-order valence-electron chi connectivity index (χ4n) is 3.16. The maximum Gasteiger partial charge on any atom is 0.220 e. The molecule has 1 amide bonds. The molecule has 5 heteroatoms. The van der Waals surface area contributed by atoms with E-state index in [4.69, 9.17) is 4.42 Å². The van der Waals surface area contributed by atoms with E-state index in [1.54, 1.807) is 12.1 Å². The van der Waals surface area contributed by atoms with Crippen LogP contribution in [0.3, 0.4) is 0 Å². The maximum absolute atomic E-state index is 12.3. The predicted octanol–water partition coefficient (Wildman–Crippen LogP) is 2.97. The van der Waals surface area contributed by atoms with Crippen LogP contribution in [0.1, 0.15) is 59.0 Å². The third-order valence-corrected chi connectivity index (χ3v) is 4.61. The minimum Gasteiger partial charge on any atom is -0.467 e.